The number of hydrogen-bond acceptors (Lipinski definition) is 4. The summed E-state index contributed by atoms with van der Waals surface area (Å²) in [5.74, 6) is 0.916. The Balaban J connectivity index is 2.06. The Hall–Kier alpha value is -1.82. The monoisotopic (exact) mass is 293 g/mol. The van der Waals surface area contributed by atoms with E-state index in [0.717, 1.165) is 4.88 Å². The fraction of sp³-hybridized carbons (Fsp3) is 0.429. The van der Waals surface area contributed by atoms with Gasteiger partial charge in [-0.3, -0.25) is 0 Å². The van der Waals surface area contributed by atoms with E-state index < -0.39 is 0 Å². The maximum absolute atomic E-state index is 12.1. The number of carbonyl (C=O) groups excluding carboxylic acids is 1. The van der Waals surface area contributed by atoms with E-state index in [1.54, 1.807) is 25.2 Å². The molecule has 0 aliphatic heterocycles. The second-order valence-electron chi connectivity index (χ2n) is 5.03. The summed E-state index contributed by atoms with van der Waals surface area (Å²) >= 11 is 1.64. The van der Waals surface area contributed by atoms with Crippen molar-refractivity contribution >= 4 is 23.1 Å². The van der Waals surface area contributed by atoms with Crippen molar-refractivity contribution in [1.29, 1.82) is 0 Å². The standard InChI is InChI=1S/C14H19N3O2S/c1-8(2)12(11-6-5-7-20-11)15-14(18)16-13-9(3)17-19-10(13)4/h5-8,12H,1-4H3,(H2,15,16,18)/t12-/m1/s1. The maximum Gasteiger partial charge on any atom is 0.319 e. The van der Waals surface area contributed by atoms with E-state index >= 15 is 0 Å². The average molecular weight is 293 g/mol. The highest BCUT2D eigenvalue weighted by atomic mass is 32.1. The van der Waals surface area contributed by atoms with Crippen molar-refractivity contribution in [2.24, 2.45) is 5.92 Å². The van der Waals surface area contributed by atoms with E-state index in [-0.39, 0.29) is 12.1 Å². The summed E-state index contributed by atoms with van der Waals surface area (Å²) in [7, 11) is 0. The SMILES string of the molecule is Cc1noc(C)c1NC(=O)N[C@@H](c1cccs1)C(C)C. The van der Waals surface area contributed by atoms with Gasteiger partial charge in [-0.05, 0) is 31.2 Å². The number of nitrogens with one attached hydrogen (secondary N) is 2. The molecule has 2 aromatic heterocycles. The molecule has 0 aliphatic rings. The lowest BCUT2D eigenvalue weighted by Gasteiger charge is -2.21. The fourth-order valence-electron chi connectivity index (χ4n) is 1.99. The Labute approximate surface area is 122 Å². The third-order valence-electron chi connectivity index (χ3n) is 3.07. The smallest absolute Gasteiger partial charge is 0.319 e. The van der Waals surface area contributed by atoms with Crippen LogP contribution >= 0.6 is 11.3 Å². The molecule has 2 N–H and O–H groups in total. The second-order valence-corrected chi connectivity index (χ2v) is 6.01. The van der Waals surface area contributed by atoms with E-state index in [1.165, 1.54) is 0 Å². The predicted octanol–water partition coefficient (Wildman–Crippen LogP) is 3.87. The summed E-state index contributed by atoms with van der Waals surface area (Å²) in [5, 5.41) is 11.6. The van der Waals surface area contributed by atoms with Gasteiger partial charge in [-0.15, -0.1) is 11.3 Å². The number of carbonyl (C=O) groups is 1. The van der Waals surface area contributed by atoms with Crippen LogP contribution in [0.25, 0.3) is 0 Å². The molecule has 0 spiro atoms. The molecule has 0 radical (unpaired) electrons. The van der Waals surface area contributed by atoms with E-state index in [1.807, 2.05) is 17.5 Å². The Bertz CT molecular complexity index is 556. The molecule has 0 saturated carbocycles. The van der Waals surface area contributed by atoms with Crippen molar-refractivity contribution in [1.82, 2.24) is 10.5 Å². The normalized spacial score (nSPS) is 12.4. The zero-order valence-corrected chi connectivity index (χ0v) is 12.9. The summed E-state index contributed by atoms with van der Waals surface area (Å²) in [6.45, 7) is 7.74. The van der Waals surface area contributed by atoms with Crippen LogP contribution in [0.2, 0.25) is 0 Å². The van der Waals surface area contributed by atoms with Crippen LogP contribution in [0.3, 0.4) is 0 Å². The van der Waals surface area contributed by atoms with Crippen LogP contribution < -0.4 is 10.6 Å². The van der Waals surface area contributed by atoms with Gasteiger partial charge in [0.05, 0.1) is 6.04 Å². The Morgan fingerprint density at radius 1 is 1.40 bits per heavy atom. The summed E-state index contributed by atoms with van der Waals surface area (Å²) in [4.78, 5) is 13.3. The summed E-state index contributed by atoms with van der Waals surface area (Å²) in [5.41, 5.74) is 1.31. The van der Waals surface area contributed by atoms with Crippen molar-refractivity contribution in [3.8, 4) is 0 Å². The third kappa shape index (κ3) is 3.19. The van der Waals surface area contributed by atoms with Gasteiger partial charge in [0, 0.05) is 4.88 Å². The molecule has 2 amide bonds. The van der Waals surface area contributed by atoms with E-state index in [2.05, 4.69) is 29.6 Å². The molecule has 0 fully saturated rings. The van der Waals surface area contributed by atoms with Gasteiger partial charge < -0.3 is 15.2 Å². The number of anilines is 1. The van der Waals surface area contributed by atoms with Gasteiger partial charge in [-0.1, -0.05) is 25.1 Å². The van der Waals surface area contributed by atoms with Crippen LogP contribution in [0.15, 0.2) is 22.0 Å². The summed E-state index contributed by atoms with van der Waals surface area (Å²) < 4.78 is 5.03. The van der Waals surface area contributed by atoms with Gasteiger partial charge in [0.15, 0.2) is 5.76 Å². The minimum absolute atomic E-state index is 0.00419. The van der Waals surface area contributed by atoms with Gasteiger partial charge in [0.1, 0.15) is 11.4 Å². The molecule has 0 aromatic carbocycles. The first-order chi connectivity index (χ1) is 9.49. The van der Waals surface area contributed by atoms with Crippen LogP contribution in [0.1, 0.15) is 36.2 Å². The molecule has 2 heterocycles. The van der Waals surface area contributed by atoms with Gasteiger partial charge in [-0.25, -0.2) is 4.79 Å². The number of nitrogens with zero attached hydrogens (tertiary/aromatic N) is 1. The lowest BCUT2D eigenvalue weighted by atomic mass is 10.0. The van der Waals surface area contributed by atoms with Crippen molar-refractivity contribution in [2.75, 3.05) is 5.32 Å². The molecule has 20 heavy (non-hydrogen) atoms. The number of amides is 2. The van der Waals surface area contributed by atoms with Crippen LogP contribution in [-0.4, -0.2) is 11.2 Å². The van der Waals surface area contributed by atoms with Gasteiger partial charge in [0.25, 0.3) is 0 Å². The highest BCUT2D eigenvalue weighted by molar-refractivity contribution is 7.10. The predicted molar refractivity (Wildman–Crippen MR) is 80.0 cm³/mol. The summed E-state index contributed by atoms with van der Waals surface area (Å²) in [6, 6.07) is 3.77. The first-order valence-corrected chi connectivity index (χ1v) is 7.40. The first-order valence-electron chi connectivity index (χ1n) is 6.52. The van der Waals surface area contributed by atoms with Crippen molar-refractivity contribution in [3.63, 3.8) is 0 Å². The highest BCUT2D eigenvalue weighted by Crippen LogP contribution is 2.26. The van der Waals surface area contributed by atoms with Crippen LogP contribution in [-0.2, 0) is 0 Å². The van der Waals surface area contributed by atoms with E-state index in [0.29, 0.717) is 23.1 Å². The van der Waals surface area contributed by atoms with Gasteiger partial charge in [0.2, 0.25) is 0 Å². The molecule has 6 heteroatoms. The molecule has 0 saturated heterocycles. The molecule has 5 nitrogen and oxygen atoms in total. The third-order valence-corrected chi connectivity index (χ3v) is 4.03. The minimum atomic E-state index is -0.244. The van der Waals surface area contributed by atoms with Crippen molar-refractivity contribution in [2.45, 2.75) is 33.7 Å². The zero-order valence-electron chi connectivity index (χ0n) is 12.1. The van der Waals surface area contributed by atoms with Gasteiger partial charge >= 0.3 is 6.03 Å². The Kier molecular flexibility index (Phi) is 4.44. The maximum atomic E-state index is 12.1. The van der Waals surface area contributed by atoms with Crippen LogP contribution in [0, 0.1) is 19.8 Å². The molecule has 0 unspecified atom stereocenters. The Morgan fingerprint density at radius 2 is 2.15 bits per heavy atom. The van der Waals surface area contributed by atoms with Crippen LogP contribution in [0.5, 0.6) is 0 Å². The Morgan fingerprint density at radius 3 is 2.65 bits per heavy atom. The molecule has 0 bridgehead atoms. The van der Waals surface area contributed by atoms with Gasteiger partial charge in [-0.2, -0.15) is 0 Å². The number of aryl methyl sites for hydroxylation is 2. The summed E-state index contributed by atoms with van der Waals surface area (Å²) in [6.07, 6.45) is 0. The van der Waals surface area contributed by atoms with E-state index in [9.17, 15) is 4.79 Å². The first kappa shape index (κ1) is 14.6. The van der Waals surface area contributed by atoms with Crippen molar-refractivity contribution < 1.29 is 9.32 Å². The lowest BCUT2D eigenvalue weighted by molar-refractivity contribution is 0.245. The fourth-order valence-corrected chi connectivity index (χ4v) is 2.94. The molecular formula is C14H19N3O2S. The minimum Gasteiger partial charge on any atom is -0.359 e. The topological polar surface area (TPSA) is 67.2 Å². The number of thiophene rings is 1. The molecule has 0 aliphatic carbocycles. The lowest BCUT2D eigenvalue weighted by Crippen LogP contribution is -2.34. The largest absolute Gasteiger partial charge is 0.359 e. The number of hydrogen-bond donors (Lipinski definition) is 2. The molecule has 108 valence electrons. The molecule has 2 aromatic rings. The molecule has 1 atom stereocenters. The number of aromatic nitrogens is 1. The highest BCUT2D eigenvalue weighted by Gasteiger charge is 2.20. The number of rotatable bonds is 4. The van der Waals surface area contributed by atoms with Crippen molar-refractivity contribution in [3.05, 3.63) is 33.8 Å². The molecule has 2 rings (SSSR count). The average Bonchev–Trinajstić information content (AvgIpc) is 3.01. The molecular weight excluding hydrogens is 274 g/mol. The van der Waals surface area contributed by atoms with E-state index in [4.69, 9.17) is 4.52 Å². The zero-order chi connectivity index (χ0) is 14.7. The number of urea groups is 1. The second kappa shape index (κ2) is 6.09. The quantitative estimate of drug-likeness (QED) is 0.899. The van der Waals surface area contributed by atoms with Crippen LogP contribution in [0.4, 0.5) is 10.5 Å².